The minimum atomic E-state index is -0.956. The summed E-state index contributed by atoms with van der Waals surface area (Å²) in [6.45, 7) is 4.67. The molecule has 0 fully saturated rings. The Bertz CT molecular complexity index is 173. The molecule has 0 aliphatic carbocycles. The fourth-order valence-electron chi connectivity index (χ4n) is 1.22. The molecule has 0 saturated carbocycles. The van der Waals surface area contributed by atoms with Crippen LogP contribution in [0.5, 0.6) is 0 Å². The van der Waals surface area contributed by atoms with E-state index in [1.807, 2.05) is 0 Å². The Kier molecular flexibility index (Phi) is 6.49. The zero-order valence-corrected chi connectivity index (χ0v) is 9.30. The van der Waals surface area contributed by atoms with E-state index in [9.17, 15) is 4.79 Å². The van der Waals surface area contributed by atoms with Crippen LogP contribution in [0.15, 0.2) is 0 Å². The van der Waals surface area contributed by atoms with Crippen LogP contribution in [0.1, 0.15) is 33.1 Å². The van der Waals surface area contributed by atoms with E-state index in [0.717, 1.165) is 25.8 Å². The summed E-state index contributed by atoms with van der Waals surface area (Å²) in [5, 5.41) is 12.0. The van der Waals surface area contributed by atoms with E-state index in [-0.39, 0.29) is 6.61 Å². The molecule has 1 atom stereocenters. The van der Waals surface area contributed by atoms with Crippen molar-refractivity contribution in [2.24, 2.45) is 0 Å². The molecule has 0 bridgehead atoms. The van der Waals surface area contributed by atoms with Gasteiger partial charge in [0.2, 0.25) is 0 Å². The number of hydrogen-bond donors (Lipinski definition) is 2. The number of methoxy groups -OCH3 is 1. The lowest BCUT2D eigenvalue weighted by Gasteiger charge is -2.25. The largest absolute Gasteiger partial charge is 0.480 e. The third-order valence-corrected chi connectivity index (χ3v) is 2.20. The maximum Gasteiger partial charge on any atom is 0.326 e. The van der Waals surface area contributed by atoms with Gasteiger partial charge in [0.05, 0.1) is 6.61 Å². The number of carboxylic acid groups (broad SMARTS) is 1. The highest BCUT2D eigenvalue weighted by Gasteiger charge is 2.32. The van der Waals surface area contributed by atoms with Crippen LogP contribution in [0.25, 0.3) is 0 Å². The van der Waals surface area contributed by atoms with Crippen molar-refractivity contribution in [3.63, 3.8) is 0 Å². The molecule has 4 nitrogen and oxygen atoms in total. The Labute approximate surface area is 85.6 Å². The summed E-state index contributed by atoms with van der Waals surface area (Å²) in [4.78, 5) is 10.9. The fraction of sp³-hybridized carbons (Fsp3) is 0.900. The number of rotatable bonds is 8. The second-order valence-corrected chi connectivity index (χ2v) is 3.70. The normalized spacial score (nSPS) is 15.1. The second kappa shape index (κ2) is 6.79. The Morgan fingerprint density at radius 3 is 2.57 bits per heavy atom. The second-order valence-electron chi connectivity index (χ2n) is 3.70. The van der Waals surface area contributed by atoms with E-state index in [0.29, 0.717) is 0 Å². The first-order valence-electron chi connectivity index (χ1n) is 5.04. The predicted octanol–water partition coefficient (Wildman–Crippen LogP) is 1.26. The summed E-state index contributed by atoms with van der Waals surface area (Å²) in [6, 6.07) is 0. The molecular formula is C10H21NO3. The summed E-state index contributed by atoms with van der Waals surface area (Å²) in [7, 11) is 1.51. The molecule has 2 N–H and O–H groups in total. The third-order valence-electron chi connectivity index (χ3n) is 2.20. The zero-order valence-electron chi connectivity index (χ0n) is 9.30. The fourth-order valence-corrected chi connectivity index (χ4v) is 1.22. The van der Waals surface area contributed by atoms with Gasteiger partial charge >= 0.3 is 5.97 Å². The molecule has 14 heavy (non-hydrogen) atoms. The maximum atomic E-state index is 10.9. The lowest BCUT2D eigenvalue weighted by molar-refractivity contribution is -0.146. The molecule has 0 radical (unpaired) electrons. The van der Waals surface area contributed by atoms with Gasteiger partial charge < -0.3 is 15.2 Å². The number of carbonyl (C=O) groups is 1. The van der Waals surface area contributed by atoms with Gasteiger partial charge in [0.1, 0.15) is 5.54 Å². The Morgan fingerprint density at radius 2 is 2.14 bits per heavy atom. The number of aliphatic carboxylic acids is 1. The Morgan fingerprint density at radius 1 is 1.50 bits per heavy atom. The number of nitrogens with one attached hydrogen (secondary N) is 1. The average molecular weight is 203 g/mol. The number of carboxylic acids is 1. The molecule has 0 saturated heterocycles. The van der Waals surface area contributed by atoms with Crippen molar-refractivity contribution >= 4 is 5.97 Å². The van der Waals surface area contributed by atoms with E-state index < -0.39 is 11.5 Å². The van der Waals surface area contributed by atoms with Gasteiger partial charge in [0.25, 0.3) is 0 Å². The first kappa shape index (κ1) is 13.4. The minimum Gasteiger partial charge on any atom is -0.480 e. The van der Waals surface area contributed by atoms with Gasteiger partial charge in [-0.2, -0.15) is 0 Å². The molecule has 0 aliphatic heterocycles. The minimum absolute atomic E-state index is 0.189. The van der Waals surface area contributed by atoms with Gasteiger partial charge in [-0.15, -0.1) is 0 Å². The molecular weight excluding hydrogens is 182 g/mol. The summed E-state index contributed by atoms with van der Waals surface area (Å²) >= 11 is 0. The molecule has 0 spiro atoms. The van der Waals surface area contributed by atoms with E-state index in [1.165, 1.54) is 7.11 Å². The molecule has 0 rings (SSSR count). The quantitative estimate of drug-likeness (QED) is 0.583. The average Bonchev–Trinajstić information content (AvgIpc) is 2.13. The van der Waals surface area contributed by atoms with Crippen LogP contribution in [0.4, 0.5) is 0 Å². The third kappa shape index (κ3) is 4.58. The molecule has 0 heterocycles. The summed E-state index contributed by atoms with van der Waals surface area (Å²) in [5.41, 5.74) is -0.956. The molecule has 0 amide bonds. The van der Waals surface area contributed by atoms with Crippen molar-refractivity contribution in [2.45, 2.75) is 38.6 Å². The van der Waals surface area contributed by atoms with Gasteiger partial charge in [-0.25, -0.2) is 0 Å². The molecule has 0 aromatic heterocycles. The standard InChI is InChI=1S/C10H21NO3/c1-4-5-6-7-11-10(2,8-14-3)9(12)13/h11H,4-8H2,1-3H3,(H,12,13). The van der Waals surface area contributed by atoms with Gasteiger partial charge in [0, 0.05) is 7.11 Å². The van der Waals surface area contributed by atoms with E-state index >= 15 is 0 Å². The molecule has 1 unspecified atom stereocenters. The number of ether oxygens (including phenoxy) is 1. The number of hydrogen-bond acceptors (Lipinski definition) is 3. The van der Waals surface area contributed by atoms with Gasteiger partial charge in [0.15, 0.2) is 0 Å². The van der Waals surface area contributed by atoms with E-state index in [4.69, 9.17) is 9.84 Å². The lowest BCUT2D eigenvalue weighted by atomic mass is 10.0. The molecule has 4 heteroatoms. The van der Waals surface area contributed by atoms with Crippen LogP contribution in [-0.2, 0) is 9.53 Å². The maximum absolute atomic E-state index is 10.9. The highest BCUT2D eigenvalue weighted by molar-refractivity contribution is 5.78. The molecule has 0 aliphatic rings. The highest BCUT2D eigenvalue weighted by Crippen LogP contribution is 2.05. The smallest absolute Gasteiger partial charge is 0.326 e. The van der Waals surface area contributed by atoms with Crippen molar-refractivity contribution in [3.05, 3.63) is 0 Å². The Hall–Kier alpha value is -0.610. The van der Waals surface area contributed by atoms with Crippen molar-refractivity contribution in [1.29, 1.82) is 0 Å². The summed E-state index contributed by atoms with van der Waals surface area (Å²) in [6.07, 6.45) is 3.26. The first-order chi connectivity index (χ1) is 6.56. The highest BCUT2D eigenvalue weighted by atomic mass is 16.5. The van der Waals surface area contributed by atoms with E-state index in [1.54, 1.807) is 6.92 Å². The lowest BCUT2D eigenvalue weighted by Crippen LogP contribution is -2.53. The zero-order chi connectivity index (χ0) is 11.0. The topological polar surface area (TPSA) is 58.6 Å². The van der Waals surface area contributed by atoms with Crippen molar-refractivity contribution in [2.75, 3.05) is 20.3 Å². The predicted molar refractivity (Wildman–Crippen MR) is 55.4 cm³/mol. The van der Waals surface area contributed by atoms with E-state index in [2.05, 4.69) is 12.2 Å². The number of unbranched alkanes of at least 4 members (excludes halogenated alkanes) is 2. The molecule has 84 valence electrons. The Balaban J connectivity index is 3.90. The van der Waals surface area contributed by atoms with Gasteiger partial charge in [-0.3, -0.25) is 4.79 Å². The molecule has 0 aromatic rings. The van der Waals surface area contributed by atoms with Crippen molar-refractivity contribution < 1.29 is 14.6 Å². The van der Waals surface area contributed by atoms with Gasteiger partial charge in [-0.1, -0.05) is 19.8 Å². The van der Waals surface area contributed by atoms with Crippen LogP contribution < -0.4 is 5.32 Å². The monoisotopic (exact) mass is 203 g/mol. The van der Waals surface area contributed by atoms with Crippen LogP contribution in [-0.4, -0.2) is 36.9 Å². The molecule has 0 aromatic carbocycles. The first-order valence-corrected chi connectivity index (χ1v) is 5.04. The van der Waals surface area contributed by atoms with Crippen molar-refractivity contribution in [3.8, 4) is 0 Å². The summed E-state index contributed by atoms with van der Waals surface area (Å²) in [5.74, 6) is -0.865. The van der Waals surface area contributed by atoms with Gasteiger partial charge in [-0.05, 0) is 19.9 Å². The van der Waals surface area contributed by atoms with Crippen LogP contribution in [0.3, 0.4) is 0 Å². The van der Waals surface area contributed by atoms with Crippen molar-refractivity contribution in [1.82, 2.24) is 5.32 Å². The van der Waals surface area contributed by atoms with Crippen LogP contribution >= 0.6 is 0 Å². The SMILES string of the molecule is CCCCCNC(C)(COC)C(=O)O. The summed E-state index contributed by atoms with van der Waals surface area (Å²) < 4.78 is 4.88. The van der Waals surface area contributed by atoms with Crippen LogP contribution in [0, 0.1) is 0 Å². The van der Waals surface area contributed by atoms with Crippen LogP contribution in [0.2, 0.25) is 0 Å².